The molecule has 1 atom stereocenters. The van der Waals surface area contributed by atoms with Crippen LogP contribution in [0.3, 0.4) is 0 Å². The fourth-order valence-corrected chi connectivity index (χ4v) is 3.83. The molecule has 1 aliphatic rings. The SMILES string of the molecule is CN(C(=O)O)C1CCN(c2ccc(NC(=O)c3nn(-c4ccc(Cl)cc4)cc3CO)cn2)C1. The van der Waals surface area contributed by atoms with E-state index in [1.807, 2.05) is 4.90 Å². The predicted octanol–water partition coefficient (Wildman–Crippen LogP) is 2.85. The molecule has 1 saturated heterocycles. The number of aliphatic hydroxyl groups excluding tert-OH is 1. The molecular formula is C22H23ClN6O4. The van der Waals surface area contributed by atoms with Gasteiger partial charge in [-0.05, 0) is 42.8 Å². The number of benzene rings is 1. The topological polar surface area (TPSA) is 124 Å². The van der Waals surface area contributed by atoms with Crippen LogP contribution in [0.5, 0.6) is 0 Å². The molecule has 0 bridgehead atoms. The van der Waals surface area contributed by atoms with E-state index < -0.39 is 12.0 Å². The zero-order valence-electron chi connectivity index (χ0n) is 17.8. The molecule has 3 heterocycles. The Balaban J connectivity index is 1.44. The molecule has 1 aliphatic heterocycles. The van der Waals surface area contributed by atoms with Gasteiger partial charge in [0.15, 0.2) is 5.69 Å². The van der Waals surface area contributed by atoms with Gasteiger partial charge in [-0.2, -0.15) is 5.10 Å². The average Bonchev–Trinajstić information content (AvgIpc) is 3.47. The third kappa shape index (κ3) is 4.91. The molecule has 11 heteroatoms. The molecule has 10 nitrogen and oxygen atoms in total. The summed E-state index contributed by atoms with van der Waals surface area (Å²) in [7, 11) is 1.57. The van der Waals surface area contributed by atoms with E-state index in [-0.39, 0.29) is 18.3 Å². The van der Waals surface area contributed by atoms with Gasteiger partial charge in [0.1, 0.15) is 5.82 Å². The van der Waals surface area contributed by atoms with Crippen molar-refractivity contribution in [2.24, 2.45) is 0 Å². The molecule has 2 amide bonds. The number of rotatable bonds is 6. The molecule has 0 aliphatic carbocycles. The Labute approximate surface area is 195 Å². The van der Waals surface area contributed by atoms with Crippen LogP contribution in [0.4, 0.5) is 16.3 Å². The number of amides is 2. The van der Waals surface area contributed by atoms with Gasteiger partial charge in [-0.15, -0.1) is 0 Å². The van der Waals surface area contributed by atoms with Crippen LogP contribution in [0.15, 0.2) is 48.8 Å². The third-order valence-electron chi connectivity index (χ3n) is 5.61. The first-order valence-electron chi connectivity index (χ1n) is 10.3. The molecule has 3 aromatic rings. The second kappa shape index (κ2) is 9.47. The minimum absolute atomic E-state index is 0.0867. The van der Waals surface area contributed by atoms with Crippen molar-refractivity contribution in [3.05, 3.63) is 65.1 Å². The van der Waals surface area contributed by atoms with Crippen LogP contribution in [0.2, 0.25) is 5.02 Å². The maximum Gasteiger partial charge on any atom is 0.407 e. The van der Waals surface area contributed by atoms with Crippen molar-refractivity contribution in [1.29, 1.82) is 0 Å². The first-order valence-corrected chi connectivity index (χ1v) is 10.7. The van der Waals surface area contributed by atoms with Crippen molar-refractivity contribution in [2.45, 2.75) is 19.1 Å². The number of pyridine rings is 1. The second-order valence-electron chi connectivity index (χ2n) is 7.72. The van der Waals surface area contributed by atoms with E-state index in [1.165, 1.54) is 15.8 Å². The number of aliphatic hydroxyl groups is 1. The van der Waals surface area contributed by atoms with Crippen LogP contribution in [0.1, 0.15) is 22.5 Å². The largest absolute Gasteiger partial charge is 0.465 e. The van der Waals surface area contributed by atoms with Crippen molar-refractivity contribution >= 4 is 35.1 Å². The van der Waals surface area contributed by atoms with Gasteiger partial charge in [-0.1, -0.05) is 11.6 Å². The van der Waals surface area contributed by atoms with E-state index in [4.69, 9.17) is 16.7 Å². The quantitative estimate of drug-likeness (QED) is 0.506. The summed E-state index contributed by atoms with van der Waals surface area (Å²) < 4.78 is 1.51. The van der Waals surface area contributed by atoms with Gasteiger partial charge in [-0.3, -0.25) is 4.79 Å². The number of likely N-dealkylation sites (N-methyl/N-ethyl adjacent to an activating group) is 1. The molecule has 1 fully saturated rings. The van der Waals surface area contributed by atoms with Crippen molar-refractivity contribution in [1.82, 2.24) is 19.7 Å². The van der Waals surface area contributed by atoms with Gasteiger partial charge in [0, 0.05) is 36.9 Å². The molecule has 172 valence electrons. The molecule has 0 spiro atoms. The Morgan fingerprint density at radius 2 is 2.00 bits per heavy atom. The van der Waals surface area contributed by atoms with E-state index in [0.29, 0.717) is 40.9 Å². The van der Waals surface area contributed by atoms with Gasteiger partial charge in [-0.25, -0.2) is 14.5 Å². The molecule has 0 saturated carbocycles. The number of hydrogen-bond acceptors (Lipinski definition) is 6. The Kier molecular flexibility index (Phi) is 6.47. The van der Waals surface area contributed by atoms with Crippen LogP contribution in [-0.2, 0) is 6.61 Å². The maximum atomic E-state index is 12.8. The molecule has 3 N–H and O–H groups in total. The normalized spacial score (nSPS) is 15.5. The third-order valence-corrected chi connectivity index (χ3v) is 5.86. The summed E-state index contributed by atoms with van der Waals surface area (Å²) >= 11 is 5.92. The van der Waals surface area contributed by atoms with E-state index in [2.05, 4.69) is 15.4 Å². The lowest BCUT2D eigenvalue weighted by atomic mass is 10.2. The summed E-state index contributed by atoms with van der Waals surface area (Å²) in [5.41, 5.74) is 1.68. The van der Waals surface area contributed by atoms with Crippen molar-refractivity contribution < 1.29 is 19.8 Å². The predicted molar refractivity (Wildman–Crippen MR) is 123 cm³/mol. The number of hydrogen-bond donors (Lipinski definition) is 3. The number of carbonyl (C=O) groups is 2. The summed E-state index contributed by atoms with van der Waals surface area (Å²) in [6, 6.07) is 10.4. The molecule has 4 rings (SSSR count). The van der Waals surface area contributed by atoms with Gasteiger partial charge < -0.3 is 25.3 Å². The summed E-state index contributed by atoms with van der Waals surface area (Å²) in [5, 5.41) is 26.5. The number of halogens is 1. The van der Waals surface area contributed by atoms with Crippen molar-refractivity contribution in [3.8, 4) is 5.69 Å². The number of nitrogens with one attached hydrogen (secondary N) is 1. The molecule has 33 heavy (non-hydrogen) atoms. The minimum atomic E-state index is -0.950. The van der Waals surface area contributed by atoms with Crippen LogP contribution < -0.4 is 10.2 Å². The summed E-state index contributed by atoms with van der Waals surface area (Å²) in [6.45, 7) is 0.918. The van der Waals surface area contributed by atoms with E-state index in [1.54, 1.807) is 49.6 Å². The van der Waals surface area contributed by atoms with E-state index in [0.717, 1.165) is 6.42 Å². The van der Waals surface area contributed by atoms with Crippen molar-refractivity contribution in [2.75, 3.05) is 30.4 Å². The standard InChI is InChI=1S/C22H23ClN6O4/c1-27(22(32)33)18-8-9-28(12-18)19-7-4-16(10-24-19)25-21(31)20-14(13-30)11-29(26-20)17-5-2-15(23)3-6-17/h2-7,10-11,18,30H,8-9,12-13H2,1H3,(H,25,31)(H,32,33). The highest BCUT2D eigenvalue weighted by atomic mass is 35.5. The highest BCUT2D eigenvalue weighted by molar-refractivity contribution is 6.30. The number of carboxylic acid groups (broad SMARTS) is 1. The number of nitrogens with zero attached hydrogens (tertiary/aromatic N) is 5. The fraction of sp³-hybridized carbons (Fsp3) is 0.273. The highest BCUT2D eigenvalue weighted by Gasteiger charge is 2.29. The number of carbonyl (C=O) groups excluding carboxylic acids is 1. The molecule has 1 unspecified atom stereocenters. The lowest BCUT2D eigenvalue weighted by molar-refractivity contribution is 0.101. The van der Waals surface area contributed by atoms with Crippen LogP contribution in [-0.4, -0.2) is 68.1 Å². The van der Waals surface area contributed by atoms with Crippen LogP contribution in [0.25, 0.3) is 5.69 Å². The van der Waals surface area contributed by atoms with Gasteiger partial charge in [0.25, 0.3) is 5.91 Å². The van der Waals surface area contributed by atoms with Crippen LogP contribution in [0, 0.1) is 0 Å². The Bertz CT molecular complexity index is 1150. The summed E-state index contributed by atoms with van der Waals surface area (Å²) in [4.78, 5) is 31.7. The number of anilines is 2. The summed E-state index contributed by atoms with van der Waals surface area (Å²) in [5.74, 6) is 0.239. The highest BCUT2D eigenvalue weighted by Crippen LogP contribution is 2.23. The van der Waals surface area contributed by atoms with E-state index in [9.17, 15) is 14.7 Å². The molecule has 2 aromatic heterocycles. The smallest absolute Gasteiger partial charge is 0.407 e. The Morgan fingerprint density at radius 3 is 2.64 bits per heavy atom. The van der Waals surface area contributed by atoms with E-state index >= 15 is 0 Å². The van der Waals surface area contributed by atoms with Gasteiger partial charge in [0.05, 0.1) is 30.2 Å². The Morgan fingerprint density at radius 1 is 1.24 bits per heavy atom. The lowest BCUT2D eigenvalue weighted by Crippen LogP contribution is -2.38. The zero-order chi connectivity index (χ0) is 23.5. The maximum absolute atomic E-state index is 12.8. The van der Waals surface area contributed by atoms with Gasteiger partial charge >= 0.3 is 6.09 Å². The van der Waals surface area contributed by atoms with Crippen LogP contribution >= 0.6 is 11.6 Å². The lowest BCUT2D eigenvalue weighted by Gasteiger charge is -2.22. The Hall–Kier alpha value is -3.63. The average molecular weight is 471 g/mol. The molecule has 1 aromatic carbocycles. The minimum Gasteiger partial charge on any atom is -0.465 e. The number of aromatic nitrogens is 3. The van der Waals surface area contributed by atoms with Gasteiger partial charge in [0.2, 0.25) is 0 Å². The fourth-order valence-electron chi connectivity index (χ4n) is 3.70. The second-order valence-corrected chi connectivity index (χ2v) is 8.16. The van der Waals surface area contributed by atoms with Crippen molar-refractivity contribution in [3.63, 3.8) is 0 Å². The first-order chi connectivity index (χ1) is 15.9. The zero-order valence-corrected chi connectivity index (χ0v) is 18.6. The molecule has 0 radical (unpaired) electrons. The molecular weight excluding hydrogens is 448 g/mol. The first kappa shape index (κ1) is 22.6. The monoisotopic (exact) mass is 470 g/mol. The summed E-state index contributed by atoms with van der Waals surface area (Å²) in [6.07, 6.45) is 2.91.